The van der Waals surface area contributed by atoms with Crippen molar-refractivity contribution in [3.05, 3.63) is 34.4 Å². The van der Waals surface area contributed by atoms with E-state index in [4.69, 9.17) is 10.2 Å². The monoisotopic (exact) mass is 282 g/mol. The summed E-state index contributed by atoms with van der Waals surface area (Å²) in [5, 5.41) is 17.9. The molecule has 0 unspecified atom stereocenters. The summed E-state index contributed by atoms with van der Waals surface area (Å²) in [5.74, 6) is -5.07. The molecule has 8 heteroatoms. The molecule has 0 atom stereocenters. The van der Waals surface area contributed by atoms with Crippen molar-refractivity contribution in [1.29, 1.82) is 0 Å². The van der Waals surface area contributed by atoms with Crippen LogP contribution in [0.3, 0.4) is 0 Å². The van der Waals surface area contributed by atoms with Gasteiger partial charge in [-0.1, -0.05) is 0 Å². The Morgan fingerprint density at radius 3 is 1.25 bits per heavy atom. The van der Waals surface area contributed by atoms with Crippen molar-refractivity contribution in [2.75, 3.05) is 14.2 Å². The van der Waals surface area contributed by atoms with Gasteiger partial charge in [-0.3, -0.25) is 0 Å². The summed E-state index contributed by atoms with van der Waals surface area (Å²) >= 11 is 0. The third kappa shape index (κ3) is 2.74. The lowest BCUT2D eigenvalue weighted by Crippen LogP contribution is -2.17. The Morgan fingerprint density at radius 1 is 0.750 bits per heavy atom. The summed E-state index contributed by atoms with van der Waals surface area (Å²) in [7, 11) is 2.07. The maximum atomic E-state index is 11.5. The van der Waals surface area contributed by atoms with Crippen LogP contribution in [0.5, 0.6) is 0 Å². The SMILES string of the molecule is COC(=O)c1cc(C(=O)O)c(C(=O)O)cc1C(=O)OC. The zero-order chi connectivity index (χ0) is 15.4. The summed E-state index contributed by atoms with van der Waals surface area (Å²) in [6.45, 7) is 0. The van der Waals surface area contributed by atoms with Crippen molar-refractivity contribution in [3.63, 3.8) is 0 Å². The maximum absolute atomic E-state index is 11.5. The summed E-state index contributed by atoms with van der Waals surface area (Å²) in [5.41, 5.74) is -2.04. The van der Waals surface area contributed by atoms with Gasteiger partial charge in [0.25, 0.3) is 0 Å². The van der Waals surface area contributed by atoms with Crippen molar-refractivity contribution in [3.8, 4) is 0 Å². The van der Waals surface area contributed by atoms with Gasteiger partial charge in [-0.2, -0.15) is 0 Å². The van der Waals surface area contributed by atoms with E-state index in [1.165, 1.54) is 0 Å². The third-order valence-electron chi connectivity index (χ3n) is 2.43. The number of methoxy groups -OCH3 is 2. The normalized spacial score (nSPS) is 9.70. The van der Waals surface area contributed by atoms with E-state index in [1.54, 1.807) is 0 Å². The molecule has 2 N–H and O–H groups in total. The summed E-state index contributed by atoms with van der Waals surface area (Å²) in [4.78, 5) is 45.1. The molecule has 0 spiro atoms. The molecule has 0 aliphatic heterocycles. The van der Waals surface area contributed by atoms with Gasteiger partial charge in [0.2, 0.25) is 0 Å². The van der Waals surface area contributed by atoms with Crippen LogP contribution in [0.2, 0.25) is 0 Å². The van der Waals surface area contributed by atoms with Crippen LogP contribution in [-0.4, -0.2) is 48.3 Å². The molecule has 1 aromatic rings. The highest BCUT2D eigenvalue weighted by Gasteiger charge is 2.26. The van der Waals surface area contributed by atoms with E-state index in [2.05, 4.69) is 9.47 Å². The van der Waals surface area contributed by atoms with Crippen LogP contribution in [0.4, 0.5) is 0 Å². The first-order chi connectivity index (χ1) is 9.33. The zero-order valence-electron chi connectivity index (χ0n) is 10.5. The number of aromatic carboxylic acids is 2. The number of ether oxygens (including phenoxy) is 2. The van der Waals surface area contributed by atoms with Gasteiger partial charge in [0, 0.05) is 0 Å². The van der Waals surface area contributed by atoms with Gasteiger partial charge in [-0.25, -0.2) is 19.2 Å². The van der Waals surface area contributed by atoms with E-state index in [0.29, 0.717) is 0 Å². The third-order valence-corrected chi connectivity index (χ3v) is 2.43. The summed E-state index contributed by atoms with van der Waals surface area (Å²) < 4.78 is 8.84. The molecule has 0 amide bonds. The van der Waals surface area contributed by atoms with Gasteiger partial charge in [0.1, 0.15) is 0 Å². The van der Waals surface area contributed by atoms with Crippen molar-refractivity contribution in [2.24, 2.45) is 0 Å². The second-order valence-corrected chi connectivity index (χ2v) is 3.54. The molecule has 0 fully saturated rings. The predicted octanol–water partition coefficient (Wildman–Crippen LogP) is 0.656. The molecule has 0 bridgehead atoms. The second kappa shape index (κ2) is 5.83. The molecule has 106 valence electrons. The van der Waals surface area contributed by atoms with Gasteiger partial charge < -0.3 is 19.7 Å². The first-order valence-corrected chi connectivity index (χ1v) is 5.14. The Labute approximate surface area is 112 Å². The molecule has 0 aromatic heterocycles. The maximum Gasteiger partial charge on any atom is 0.338 e. The Balaban J connectivity index is 3.69. The Morgan fingerprint density at radius 2 is 1.05 bits per heavy atom. The van der Waals surface area contributed by atoms with Crippen molar-refractivity contribution >= 4 is 23.9 Å². The van der Waals surface area contributed by atoms with Crippen LogP contribution in [0, 0.1) is 0 Å². The summed E-state index contributed by atoms with van der Waals surface area (Å²) in [6, 6.07) is 1.54. The minimum atomic E-state index is -1.55. The quantitative estimate of drug-likeness (QED) is 0.771. The van der Waals surface area contributed by atoms with E-state index >= 15 is 0 Å². The molecule has 0 saturated carbocycles. The Bertz CT molecular complexity index is 549. The Hall–Kier alpha value is -2.90. The number of carboxylic acid groups (broad SMARTS) is 2. The topological polar surface area (TPSA) is 127 Å². The van der Waals surface area contributed by atoms with Crippen molar-refractivity contribution in [1.82, 2.24) is 0 Å². The van der Waals surface area contributed by atoms with Gasteiger partial charge in [0.15, 0.2) is 0 Å². The van der Waals surface area contributed by atoms with Gasteiger partial charge >= 0.3 is 23.9 Å². The molecule has 1 aromatic carbocycles. The molecule has 8 nitrogen and oxygen atoms in total. The van der Waals surface area contributed by atoms with E-state index in [-0.39, 0.29) is 11.1 Å². The highest BCUT2D eigenvalue weighted by Crippen LogP contribution is 2.20. The largest absolute Gasteiger partial charge is 0.478 e. The van der Waals surface area contributed by atoms with Crippen LogP contribution in [0.25, 0.3) is 0 Å². The molecule has 0 heterocycles. The lowest BCUT2D eigenvalue weighted by atomic mass is 9.98. The molecule has 0 radical (unpaired) electrons. The highest BCUT2D eigenvalue weighted by molar-refractivity contribution is 6.09. The van der Waals surface area contributed by atoms with Gasteiger partial charge in [-0.05, 0) is 12.1 Å². The second-order valence-electron chi connectivity index (χ2n) is 3.54. The van der Waals surface area contributed by atoms with E-state index in [1.807, 2.05) is 0 Å². The molecule has 1 rings (SSSR count). The minimum absolute atomic E-state index is 0.387. The number of carbonyl (C=O) groups is 4. The first kappa shape index (κ1) is 15.2. The van der Waals surface area contributed by atoms with Crippen LogP contribution in [0.15, 0.2) is 12.1 Å². The molecule has 0 aliphatic rings. The predicted molar refractivity (Wildman–Crippen MR) is 63.0 cm³/mol. The minimum Gasteiger partial charge on any atom is -0.478 e. The number of carboxylic acids is 2. The fraction of sp³-hybridized carbons (Fsp3) is 0.167. The summed E-state index contributed by atoms with van der Waals surface area (Å²) in [6.07, 6.45) is 0. The average molecular weight is 282 g/mol. The van der Waals surface area contributed by atoms with Gasteiger partial charge in [0.05, 0.1) is 36.5 Å². The van der Waals surface area contributed by atoms with Crippen LogP contribution in [-0.2, 0) is 9.47 Å². The number of hydrogen-bond donors (Lipinski definition) is 2. The van der Waals surface area contributed by atoms with Crippen molar-refractivity contribution < 1.29 is 38.9 Å². The standard InChI is InChI=1S/C12H10O8/c1-19-11(17)7-3-5(9(13)14)6(10(15)16)4-8(7)12(18)20-2/h3-4H,1-2H3,(H,13,14)(H,15,16). The molecule has 20 heavy (non-hydrogen) atoms. The highest BCUT2D eigenvalue weighted by atomic mass is 16.5. The van der Waals surface area contributed by atoms with E-state index < -0.39 is 35.0 Å². The number of benzene rings is 1. The first-order valence-electron chi connectivity index (χ1n) is 5.14. The fourth-order valence-corrected chi connectivity index (χ4v) is 1.51. The molecule has 0 saturated heterocycles. The average Bonchev–Trinajstić information content (AvgIpc) is 2.43. The van der Waals surface area contributed by atoms with E-state index in [9.17, 15) is 19.2 Å². The Kier molecular flexibility index (Phi) is 4.42. The molecule has 0 aliphatic carbocycles. The number of rotatable bonds is 4. The number of hydrogen-bond acceptors (Lipinski definition) is 6. The lowest BCUT2D eigenvalue weighted by molar-refractivity contribution is 0.0553. The van der Waals surface area contributed by atoms with Crippen molar-refractivity contribution in [2.45, 2.75) is 0 Å². The van der Waals surface area contributed by atoms with Crippen LogP contribution < -0.4 is 0 Å². The number of carbonyl (C=O) groups excluding carboxylic acids is 2. The molecular weight excluding hydrogens is 272 g/mol. The van der Waals surface area contributed by atoms with Crippen LogP contribution in [0.1, 0.15) is 41.4 Å². The number of esters is 2. The molecular formula is C12H10O8. The van der Waals surface area contributed by atoms with E-state index in [0.717, 1.165) is 26.4 Å². The lowest BCUT2D eigenvalue weighted by Gasteiger charge is -2.10. The zero-order valence-corrected chi connectivity index (χ0v) is 10.5. The van der Waals surface area contributed by atoms with Gasteiger partial charge in [-0.15, -0.1) is 0 Å². The van der Waals surface area contributed by atoms with Crippen LogP contribution >= 0.6 is 0 Å². The fourth-order valence-electron chi connectivity index (χ4n) is 1.51. The smallest absolute Gasteiger partial charge is 0.338 e.